The molecule has 1 unspecified atom stereocenters. The third-order valence-corrected chi connectivity index (χ3v) is 2.59. The Morgan fingerprint density at radius 1 is 1.24 bits per heavy atom. The number of carbonyl (C=O) groups excluding carboxylic acids is 1. The number of ketones is 1. The Hall–Kier alpha value is -1.79. The lowest BCUT2D eigenvalue weighted by atomic mass is 9.85. The Balaban J connectivity index is 3.16. The monoisotopic (exact) mass is 240 g/mol. The first-order valence-corrected chi connectivity index (χ1v) is 4.81. The summed E-state index contributed by atoms with van der Waals surface area (Å²) in [6, 6.07) is 7.41. The molecular formula is C11H13FN2O3. The van der Waals surface area contributed by atoms with Gasteiger partial charge in [-0.2, -0.15) is 0 Å². The van der Waals surface area contributed by atoms with Gasteiger partial charge in [0, 0.05) is 5.56 Å². The Morgan fingerprint density at radius 3 is 2.12 bits per heavy atom. The van der Waals surface area contributed by atoms with Crippen molar-refractivity contribution in [3.8, 4) is 0 Å². The average Bonchev–Trinajstić information content (AvgIpc) is 2.28. The molecule has 92 valence electrons. The fourth-order valence-corrected chi connectivity index (χ4v) is 1.25. The lowest BCUT2D eigenvalue weighted by Crippen LogP contribution is -2.71. The van der Waals surface area contributed by atoms with E-state index in [2.05, 4.69) is 0 Å². The van der Waals surface area contributed by atoms with E-state index in [-0.39, 0.29) is 5.56 Å². The predicted octanol–water partition coefficient (Wildman–Crippen LogP) is 0.296. The Labute approximate surface area is 97.2 Å². The molecule has 0 aliphatic rings. The fraction of sp³-hybridized carbons (Fsp3) is 0.273. The molecule has 0 saturated heterocycles. The van der Waals surface area contributed by atoms with Crippen LogP contribution in [0.4, 0.5) is 4.39 Å². The largest absolute Gasteiger partial charge is 0.479 e. The molecule has 17 heavy (non-hydrogen) atoms. The molecule has 0 bridgehead atoms. The third kappa shape index (κ3) is 2.17. The molecule has 0 amide bonds. The first-order chi connectivity index (χ1) is 7.71. The summed E-state index contributed by atoms with van der Waals surface area (Å²) < 4.78 is 14.2. The van der Waals surface area contributed by atoms with Gasteiger partial charge in [-0.25, -0.2) is 9.18 Å². The van der Waals surface area contributed by atoms with E-state index in [1.165, 1.54) is 24.3 Å². The van der Waals surface area contributed by atoms with E-state index in [1.807, 2.05) is 0 Å². The molecule has 0 aliphatic carbocycles. The maximum Gasteiger partial charge on any atom is 0.342 e. The zero-order valence-electron chi connectivity index (χ0n) is 9.18. The Morgan fingerprint density at radius 2 is 1.71 bits per heavy atom. The fourth-order valence-electron chi connectivity index (χ4n) is 1.25. The standard InChI is InChI=1S/C11H13FN2O3/c1-10(12,11(13,14)9(16)17)8(15)7-5-3-2-4-6-7/h2-6H,13-14H2,1H3,(H,16,17). The number of carboxylic acids is 1. The van der Waals surface area contributed by atoms with Gasteiger partial charge < -0.3 is 16.6 Å². The molecule has 0 spiro atoms. The van der Waals surface area contributed by atoms with Crippen molar-refractivity contribution >= 4 is 11.8 Å². The maximum atomic E-state index is 14.2. The molecule has 1 aromatic rings. The van der Waals surface area contributed by atoms with Gasteiger partial charge in [0.25, 0.3) is 0 Å². The van der Waals surface area contributed by atoms with Crippen molar-refractivity contribution in [1.29, 1.82) is 0 Å². The van der Waals surface area contributed by atoms with Gasteiger partial charge >= 0.3 is 5.97 Å². The molecule has 1 rings (SSSR count). The van der Waals surface area contributed by atoms with Gasteiger partial charge in [-0.15, -0.1) is 0 Å². The van der Waals surface area contributed by atoms with Crippen molar-refractivity contribution in [2.75, 3.05) is 0 Å². The molecule has 5 nitrogen and oxygen atoms in total. The minimum Gasteiger partial charge on any atom is -0.479 e. The van der Waals surface area contributed by atoms with Crippen LogP contribution in [0.25, 0.3) is 0 Å². The van der Waals surface area contributed by atoms with Crippen molar-refractivity contribution in [3.63, 3.8) is 0 Å². The number of carboxylic acid groups (broad SMARTS) is 1. The molecule has 0 heterocycles. The molecule has 1 atom stereocenters. The van der Waals surface area contributed by atoms with Crippen LogP contribution >= 0.6 is 0 Å². The van der Waals surface area contributed by atoms with Crippen LogP contribution in [0.2, 0.25) is 0 Å². The van der Waals surface area contributed by atoms with Crippen LogP contribution in [-0.2, 0) is 4.79 Å². The van der Waals surface area contributed by atoms with Crippen molar-refractivity contribution in [3.05, 3.63) is 35.9 Å². The van der Waals surface area contributed by atoms with Crippen LogP contribution in [-0.4, -0.2) is 28.2 Å². The second kappa shape index (κ2) is 4.23. The molecular weight excluding hydrogens is 227 g/mol. The minimum absolute atomic E-state index is 0.0130. The highest BCUT2D eigenvalue weighted by atomic mass is 19.1. The van der Waals surface area contributed by atoms with Gasteiger partial charge in [-0.1, -0.05) is 30.3 Å². The highest BCUT2D eigenvalue weighted by Crippen LogP contribution is 2.25. The highest BCUT2D eigenvalue weighted by Gasteiger charge is 2.55. The molecule has 0 saturated carbocycles. The number of aliphatic carboxylic acids is 1. The third-order valence-electron chi connectivity index (χ3n) is 2.59. The van der Waals surface area contributed by atoms with Gasteiger partial charge in [0.05, 0.1) is 0 Å². The summed E-state index contributed by atoms with van der Waals surface area (Å²) in [5.74, 6) is -2.85. The van der Waals surface area contributed by atoms with Gasteiger partial charge in [-0.05, 0) is 6.92 Å². The second-order valence-corrected chi connectivity index (χ2v) is 3.87. The first-order valence-electron chi connectivity index (χ1n) is 4.81. The van der Waals surface area contributed by atoms with E-state index in [9.17, 15) is 14.0 Å². The van der Waals surface area contributed by atoms with Crippen LogP contribution in [0.15, 0.2) is 30.3 Å². The molecule has 0 radical (unpaired) electrons. The minimum atomic E-state index is -2.90. The average molecular weight is 240 g/mol. The van der Waals surface area contributed by atoms with Gasteiger partial charge in [0.2, 0.25) is 17.1 Å². The van der Waals surface area contributed by atoms with Gasteiger partial charge in [-0.3, -0.25) is 4.79 Å². The van der Waals surface area contributed by atoms with Crippen molar-refractivity contribution in [1.82, 2.24) is 0 Å². The molecule has 0 aromatic heterocycles. The summed E-state index contributed by atoms with van der Waals surface area (Å²) in [5, 5.41) is 8.73. The summed E-state index contributed by atoms with van der Waals surface area (Å²) in [6.07, 6.45) is 0. The number of carbonyl (C=O) groups is 2. The molecule has 0 aliphatic heterocycles. The van der Waals surface area contributed by atoms with Crippen molar-refractivity contribution < 1.29 is 19.1 Å². The van der Waals surface area contributed by atoms with E-state index in [0.717, 1.165) is 6.92 Å². The molecule has 0 fully saturated rings. The lowest BCUT2D eigenvalue weighted by Gasteiger charge is -2.31. The SMILES string of the molecule is CC(F)(C(=O)c1ccccc1)C(N)(N)C(=O)O. The Bertz CT molecular complexity index is 443. The number of hydrogen-bond acceptors (Lipinski definition) is 4. The van der Waals surface area contributed by atoms with E-state index in [1.54, 1.807) is 6.07 Å². The van der Waals surface area contributed by atoms with Crippen LogP contribution < -0.4 is 11.5 Å². The molecule has 1 aromatic carbocycles. The van der Waals surface area contributed by atoms with Gasteiger partial charge in [0.15, 0.2) is 0 Å². The van der Waals surface area contributed by atoms with Gasteiger partial charge in [0.1, 0.15) is 0 Å². The topological polar surface area (TPSA) is 106 Å². The second-order valence-electron chi connectivity index (χ2n) is 3.87. The predicted molar refractivity (Wildman–Crippen MR) is 59.0 cm³/mol. The summed E-state index contributed by atoms with van der Waals surface area (Å²) in [7, 11) is 0. The van der Waals surface area contributed by atoms with Crippen LogP contribution in [0.5, 0.6) is 0 Å². The van der Waals surface area contributed by atoms with Crippen LogP contribution in [0.3, 0.4) is 0 Å². The van der Waals surface area contributed by atoms with Crippen LogP contribution in [0.1, 0.15) is 17.3 Å². The zero-order valence-corrected chi connectivity index (χ0v) is 9.18. The number of alkyl halides is 1. The summed E-state index contributed by atoms with van der Waals surface area (Å²) in [5.41, 5.74) is 4.65. The normalized spacial score (nSPS) is 15.1. The lowest BCUT2D eigenvalue weighted by molar-refractivity contribution is -0.147. The summed E-state index contributed by atoms with van der Waals surface area (Å²) in [4.78, 5) is 22.6. The molecule has 6 heteroatoms. The summed E-state index contributed by atoms with van der Waals surface area (Å²) in [6.45, 7) is 0.760. The highest BCUT2D eigenvalue weighted by molar-refractivity contribution is 6.06. The molecule has 5 N–H and O–H groups in total. The first kappa shape index (κ1) is 13.3. The van der Waals surface area contributed by atoms with E-state index >= 15 is 0 Å². The smallest absolute Gasteiger partial charge is 0.342 e. The number of benzene rings is 1. The number of rotatable bonds is 4. The van der Waals surface area contributed by atoms with Crippen molar-refractivity contribution in [2.24, 2.45) is 11.5 Å². The number of Topliss-reactive ketones (excluding diaryl/α,β-unsaturated/α-hetero) is 1. The zero-order chi connectivity index (χ0) is 13.3. The summed E-state index contributed by atoms with van der Waals surface area (Å²) >= 11 is 0. The van der Waals surface area contributed by atoms with E-state index in [4.69, 9.17) is 16.6 Å². The van der Waals surface area contributed by atoms with Crippen molar-refractivity contribution in [2.45, 2.75) is 18.3 Å². The van der Waals surface area contributed by atoms with E-state index in [0.29, 0.717) is 0 Å². The Kier molecular flexibility index (Phi) is 3.30. The quantitative estimate of drug-likeness (QED) is 0.518. The number of nitrogens with two attached hydrogens (primary N) is 2. The van der Waals surface area contributed by atoms with E-state index < -0.39 is 23.1 Å². The number of halogens is 1. The van der Waals surface area contributed by atoms with Crippen LogP contribution in [0, 0.1) is 0 Å². The maximum absolute atomic E-state index is 14.2. The number of hydrogen-bond donors (Lipinski definition) is 3.